The number of nitrogen functional groups attached to an aromatic ring is 1. The van der Waals surface area contributed by atoms with Crippen LogP contribution in [-0.4, -0.2) is 32.7 Å². The lowest BCUT2D eigenvalue weighted by molar-refractivity contribution is -0.119. The molecule has 1 fully saturated rings. The molecule has 0 radical (unpaired) electrons. The maximum absolute atomic E-state index is 11.5. The first-order valence-corrected chi connectivity index (χ1v) is 5.66. The van der Waals surface area contributed by atoms with Crippen molar-refractivity contribution in [3.8, 4) is 5.75 Å². The van der Waals surface area contributed by atoms with Gasteiger partial charge in [-0.2, -0.15) is 0 Å². The molecule has 1 saturated heterocycles. The summed E-state index contributed by atoms with van der Waals surface area (Å²) in [5, 5.41) is 2.84. The summed E-state index contributed by atoms with van der Waals surface area (Å²) in [6.07, 6.45) is 0.928. The maximum atomic E-state index is 11.5. The summed E-state index contributed by atoms with van der Waals surface area (Å²) >= 11 is 0. The summed E-state index contributed by atoms with van der Waals surface area (Å²) in [5.41, 5.74) is 7.50. The molecule has 1 aromatic carbocycles. The molecule has 2 rings (SSSR count). The van der Waals surface area contributed by atoms with Crippen molar-refractivity contribution in [1.29, 1.82) is 0 Å². The van der Waals surface area contributed by atoms with Crippen LogP contribution in [0.2, 0.25) is 0 Å². The van der Waals surface area contributed by atoms with Gasteiger partial charge in [0.15, 0.2) is 0 Å². The summed E-state index contributed by atoms with van der Waals surface area (Å²) in [6, 6.07) is 5.53. The van der Waals surface area contributed by atoms with E-state index in [0.717, 1.165) is 30.9 Å². The van der Waals surface area contributed by atoms with Gasteiger partial charge in [-0.1, -0.05) is 0 Å². The second-order valence-electron chi connectivity index (χ2n) is 4.05. The first-order valence-electron chi connectivity index (χ1n) is 5.66. The van der Waals surface area contributed by atoms with E-state index in [1.54, 1.807) is 13.2 Å². The average molecular weight is 235 g/mol. The van der Waals surface area contributed by atoms with E-state index in [2.05, 4.69) is 5.32 Å². The molecule has 3 N–H and O–H groups in total. The monoisotopic (exact) mass is 235 g/mol. The third-order valence-corrected chi connectivity index (χ3v) is 2.84. The van der Waals surface area contributed by atoms with Crippen LogP contribution in [0.3, 0.4) is 0 Å². The zero-order valence-corrected chi connectivity index (χ0v) is 9.90. The molecule has 5 nitrogen and oxygen atoms in total. The Morgan fingerprint density at radius 2 is 2.29 bits per heavy atom. The zero-order valence-electron chi connectivity index (χ0n) is 9.90. The fraction of sp³-hybridized carbons (Fsp3) is 0.417. The molecular formula is C12H17N3O2. The predicted molar refractivity (Wildman–Crippen MR) is 67.2 cm³/mol. The number of ether oxygens (including phenoxy) is 1. The van der Waals surface area contributed by atoms with Crippen LogP contribution < -0.4 is 20.7 Å². The Labute approximate surface area is 101 Å². The highest BCUT2D eigenvalue weighted by Gasteiger charge is 2.16. The number of methoxy groups -OCH3 is 1. The van der Waals surface area contributed by atoms with Gasteiger partial charge in [-0.25, -0.2) is 0 Å². The molecular weight excluding hydrogens is 218 g/mol. The fourth-order valence-electron chi connectivity index (χ4n) is 1.96. The van der Waals surface area contributed by atoms with E-state index in [-0.39, 0.29) is 5.91 Å². The summed E-state index contributed by atoms with van der Waals surface area (Å²) < 4.78 is 5.11. The molecule has 0 atom stereocenters. The standard InChI is InChI=1S/C12H17N3O2/c1-17-9-3-4-11(10(13)7-9)15-6-2-5-14-12(16)8-15/h3-4,7H,2,5-6,8,13H2,1H3,(H,14,16). The van der Waals surface area contributed by atoms with Gasteiger partial charge in [-0.15, -0.1) is 0 Å². The first-order chi connectivity index (χ1) is 8.20. The van der Waals surface area contributed by atoms with E-state index in [0.29, 0.717) is 12.2 Å². The Kier molecular flexibility index (Phi) is 3.37. The van der Waals surface area contributed by atoms with Crippen LogP contribution in [0.4, 0.5) is 11.4 Å². The molecule has 1 amide bonds. The number of benzene rings is 1. The molecule has 0 aromatic heterocycles. The lowest BCUT2D eigenvalue weighted by Crippen LogP contribution is -2.33. The Bertz CT molecular complexity index is 420. The summed E-state index contributed by atoms with van der Waals surface area (Å²) in [7, 11) is 1.60. The minimum absolute atomic E-state index is 0.0396. The van der Waals surface area contributed by atoms with Crippen molar-refractivity contribution in [3.05, 3.63) is 18.2 Å². The van der Waals surface area contributed by atoms with E-state index >= 15 is 0 Å². The van der Waals surface area contributed by atoms with Crippen molar-refractivity contribution in [1.82, 2.24) is 5.32 Å². The van der Waals surface area contributed by atoms with Gasteiger partial charge in [0.05, 0.1) is 25.0 Å². The van der Waals surface area contributed by atoms with Gasteiger partial charge in [0.2, 0.25) is 5.91 Å². The summed E-state index contributed by atoms with van der Waals surface area (Å²) in [6.45, 7) is 1.91. The molecule has 0 spiro atoms. The molecule has 0 saturated carbocycles. The normalized spacial score (nSPS) is 16.3. The van der Waals surface area contributed by atoms with Crippen molar-refractivity contribution in [2.45, 2.75) is 6.42 Å². The second-order valence-corrected chi connectivity index (χ2v) is 4.05. The number of rotatable bonds is 2. The minimum Gasteiger partial charge on any atom is -0.497 e. The number of carbonyl (C=O) groups excluding carboxylic acids is 1. The lowest BCUT2D eigenvalue weighted by atomic mass is 10.2. The number of nitrogens with two attached hydrogens (primary N) is 1. The summed E-state index contributed by atoms with van der Waals surface area (Å²) in [5.74, 6) is 0.767. The molecule has 1 heterocycles. The van der Waals surface area contributed by atoms with Crippen molar-refractivity contribution in [3.63, 3.8) is 0 Å². The SMILES string of the molecule is COc1ccc(N2CCCNC(=O)C2)c(N)c1. The average Bonchev–Trinajstić information content (AvgIpc) is 2.53. The van der Waals surface area contributed by atoms with E-state index in [4.69, 9.17) is 10.5 Å². The molecule has 1 aliphatic heterocycles. The van der Waals surface area contributed by atoms with Gasteiger partial charge in [-0.05, 0) is 18.6 Å². The van der Waals surface area contributed by atoms with Crippen LogP contribution in [0.5, 0.6) is 5.75 Å². The van der Waals surface area contributed by atoms with Crippen LogP contribution in [-0.2, 0) is 4.79 Å². The number of nitrogens with zero attached hydrogens (tertiary/aromatic N) is 1. The maximum Gasteiger partial charge on any atom is 0.239 e. The Morgan fingerprint density at radius 1 is 1.47 bits per heavy atom. The second kappa shape index (κ2) is 4.95. The van der Waals surface area contributed by atoms with Gasteiger partial charge < -0.3 is 20.7 Å². The third-order valence-electron chi connectivity index (χ3n) is 2.84. The van der Waals surface area contributed by atoms with E-state index in [1.165, 1.54) is 0 Å². The van der Waals surface area contributed by atoms with Gasteiger partial charge in [0, 0.05) is 19.2 Å². The third kappa shape index (κ3) is 2.61. The van der Waals surface area contributed by atoms with Gasteiger partial charge in [0.1, 0.15) is 5.75 Å². The molecule has 1 aromatic rings. The van der Waals surface area contributed by atoms with Crippen molar-refractivity contribution < 1.29 is 9.53 Å². The van der Waals surface area contributed by atoms with E-state index < -0.39 is 0 Å². The summed E-state index contributed by atoms with van der Waals surface area (Å²) in [4.78, 5) is 13.5. The smallest absolute Gasteiger partial charge is 0.239 e. The zero-order chi connectivity index (χ0) is 12.3. The highest BCUT2D eigenvalue weighted by atomic mass is 16.5. The van der Waals surface area contributed by atoms with Crippen LogP contribution in [0, 0.1) is 0 Å². The van der Waals surface area contributed by atoms with Gasteiger partial charge in [0.25, 0.3) is 0 Å². The first kappa shape index (κ1) is 11.6. The lowest BCUT2D eigenvalue weighted by Gasteiger charge is -2.23. The number of hydrogen-bond acceptors (Lipinski definition) is 4. The van der Waals surface area contributed by atoms with Gasteiger partial charge in [-0.3, -0.25) is 4.79 Å². The largest absolute Gasteiger partial charge is 0.497 e. The van der Waals surface area contributed by atoms with Crippen LogP contribution in [0.1, 0.15) is 6.42 Å². The van der Waals surface area contributed by atoms with Crippen LogP contribution >= 0.6 is 0 Å². The van der Waals surface area contributed by atoms with E-state index in [9.17, 15) is 4.79 Å². The highest BCUT2D eigenvalue weighted by molar-refractivity contribution is 5.83. The number of amides is 1. The van der Waals surface area contributed by atoms with Crippen molar-refractivity contribution in [2.75, 3.05) is 37.4 Å². The minimum atomic E-state index is 0.0396. The molecule has 92 valence electrons. The number of carbonyl (C=O) groups is 1. The number of anilines is 2. The highest BCUT2D eigenvalue weighted by Crippen LogP contribution is 2.27. The topological polar surface area (TPSA) is 67.6 Å². The van der Waals surface area contributed by atoms with Crippen molar-refractivity contribution in [2.24, 2.45) is 0 Å². The molecule has 1 aliphatic rings. The fourth-order valence-corrected chi connectivity index (χ4v) is 1.96. The van der Waals surface area contributed by atoms with Crippen LogP contribution in [0.15, 0.2) is 18.2 Å². The van der Waals surface area contributed by atoms with Crippen LogP contribution in [0.25, 0.3) is 0 Å². The molecule has 0 bridgehead atoms. The Balaban J connectivity index is 2.23. The van der Waals surface area contributed by atoms with E-state index in [1.807, 2.05) is 17.0 Å². The van der Waals surface area contributed by atoms with Gasteiger partial charge >= 0.3 is 0 Å². The molecule has 0 aliphatic carbocycles. The number of hydrogen-bond donors (Lipinski definition) is 2. The Hall–Kier alpha value is -1.91. The molecule has 0 unspecified atom stereocenters. The molecule has 17 heavy (non-hydrogen) atoms. The molecule has 5 heteroatoms. The van der Waals surface area contributed by atoms with Crippen molar-refractivity contribution >= 4 is 17.3 Å². The Morgan fingerprint density at radius 3 is 3.00 bits per heavy atom. The number of nitrogens with one attached hydrogen (secondary N) is 1. The predicted octanol–water partition coefficient (Wildman–Crippen LogP) is 0.604. The quantitative estimate of drug-likeness (QED) is 0.737.